The van der Waals surface area contributed by atoms with Crippen molar-refractivity contribution >= 4 is 22.6 Å². The maximum absolute atomic E-state index is 12.6. The fraction of sp³-hybridized carbons (Fsp3) is 0.261. The fourth-order valence-electron chi connectivity index (χ4n) is 3.06. The number of nitrogens with zero attached hydrogens (tertiary/aromatic N) is 2. The summed E-state index contributed by atoms with van der Waals surface area (Å²) in [5.74, 6) is -0.211. The standard InChI is InChI=1S/C23H25N3O5/c1-4-30-20(27)13-24-23(29)21-22(28)17-11-10-16(31-15-8-6-5-7-9-15)12-18(17)19(25-21)14-26(2)3/h5-12,28H,4,13-14H2,1-3H3,(H,24,29). The Morgan fingerprint density at radius 3 is 2.48 bits per heavy atom. The summed E-state index contributed by atoms with van der Waals surface area (Å²) in [6.45, 7) is 2.02. The zero-order valence-corrected chi connectivity index (χ0v) is 17.7. The van der Waals surface area contributed by atoms with Crippen LogP contribution in [-0.2, 0) is 16.1 Å². The summed E-state index contributed by atoms with van der Waals surface area (Å²) in [7, 11) is 3.76. The van der Waals surface area contributed by atoms with Gasteiger partial charge >= 0.3 is 5.97 Å². The summed E-state index contributed by atoms with van der Waals surface area (Å²) in [4.78, 5) is 30.4. The average Bonchev–Trinajstić information content (AvgIpc) is 2.74. The number of esters is 1. The number of carbonyl (C=O) groups is 2. The second kappa shape index (κ2) is 9.90. The summed E-state index contributed by atoms with van der Waals surface area (Å²) in [6, 6.07) is 14.5. The minimum Gasteiger partial charge on any atom is -0.505 e. The Kier molecular flexibility index (Phi) is 7.04. The van der Waals surface area contributed by atoms with Gasteiger partial charge in [-0.2, -0.15) is 0 Å². The lowest BCUT2D eigenvalue weighted by molar-refractivity contribution is -0.141. The molecule has 3 rings (SSSR count). The number of ether oxygens (including phenoxy) is 2. The fourth-order valence-corrected chi connectivity index (χ4v) is 3.06. The van der Waals surface area contributed by atoms with Gasteiger partial charge in [-0.15, -0.1) is 0 Å². The van der Waals surface area contributed by atoms with Crippen LogP contribution in [0.1, 0.15) is 23.1 Å². The van der Waals surface area contributed by atoms with Crippen molar-refractivity contribution in [2.75, 3.05) is 27.2 Å². The smallest absolute Gasteiger partial charge is 0.325 e. The van der Waals surface area contributed by atoms with Gasteiger partial charge in [0.25, 0.3) is 5.91 Å². The maximum Gasteiger partial charge on any atom is 0.325 e. The van der Waals surface area contributed by atoms with E-state index in [1.54, 1.807) is 25.1 Å². The van der Waals surface area contributed by atoms with E-state index in [1.807, 2.05) is 49.3 Å². The highest BCUT2D eigenvalue weighted by Gasteiger charge is 2.20. The van der Waals surface area contributed by atoms with Crippen LogP contribution in [-0.4, -0.2) is 54.1 Å². The van der Waals surface area contributed by atoms with Gasteiger partial charge in [0.05, 0.1) is 12.3 Å². The van der Waals surface area contributed by atoms with Crippen molar-refractivity contribution in [1.29, 1.82) is 0 Å². The molecule has 1 heterocycles. The number of fused-ring (bicyclic) bond motifs is 1. The molecular weight excluding hydrogens is 398 g/mol. The predicted octanol–water partition coefficient (Wildman–Crippen LogP) is 3.09. The van der Waals surface area contributed by atoms with E-state index in [2.05, 4.69) is 10.3 Å². The first-order chi connectivity index (χ1) is 14.9. The van der Waals surface area contributed by atoms with Gasteiger partial charge in [0.1, 0.15) is 18.0 Å². The van der Waals surface area contributed by atoms with Crippen LogP contribution in [0.25, 0.3) is 10.8 Å². The quantitative estimate of drug-likeness (QED) is 0.537. The number of aromatic nitrogens is 1. The molecule has 0 radical (unpaired) electrons. The normalized spacial score (nSPS) is 10.8. The van der Waals surface area contributed by atoms with E-state index < -0.39 is 11.9 Å². The van der Waals surface area contributed by atoms with E-state index in [4.69, 9.17) is 9.47 Å². The van der Waals surface area contributed by atoms with Crippen LogP contribution in [0.4, 0.5) is 0 Å². The van der Waals surface area contributed by atoms with E-state index in [9.17, 15) is 14.7 Å². The number of rotatable bonds is 8. The number of hydrogen-bond donors (Lipinski definition) is 2. The van der Waals surface area contributed by atoms with E-state index in [0.717, 1.165) is 0 Å². The molecule has 0 aliphatic heterocycles. The predicted molar refractivity (Wildman–Crippen MR) is 116 cm³/mol. The first-order valence-electron chi connectivity index (χ1n) is 9.86. The Morgan fingerprint density at radius 1 is 1.06 bits per heavy atom. The highest BCUT2D eigenvalue weighted by Crippen LogP contribution is 2.34. The van der Waals surface area contributed by atoms with Crippen LogP contribution >= 0.6 is 0 Å². The van der Waals surface area contributed by atoms with Gasteiger partial charge in [-0.05, 0) is 51.4 Å². The average molecular weight is 423 g/mol. The molecule has 1 amide bonds. The minimum atomic E-state index is -0.655. The zero-order valence-electron chi connectivity index (χ0n) is 17.7. The Bertz CT molecular complexity index is 1080. The second-order valence-corrected chi connectivity index (χ2v) is 7.10. The summed E-state index contributed by atoms with van der Waals surface area (Å²) in [5, 5.41) is 14.3. The molecule has 0 aliphatic carbocycles. The minimum absolute atomic E-state index is 0.148. The first-order valence-corrected chi connectivity index (χ1v) is 9.86. The van der Waals surface area contributed by atoms with E-state index >= 15 is 0 Å². The molecule has 0 atom stereocenters. The molecule has 0 spiro atoms. The van der Waals surface area contributed by atoms with Gasteiger partial charge in [0, 0.05) is 17.3 Å². The number of amides is 1. The van der Waals surface area contributed by atoms with Crippen molar-refractivity contribution in [1.82, 2.24) is 15.2 Å². The Morgan fingerprint density at radius 2 is 1.81 bits per heavy atom. The second-order valence-electron chi connectivity index (χ2n) is 7.10. The van der Waals surface area contributed by atoms with Gasteiger partial charge in [0.2, 0.25) is 0 Å². The van der Waals surface area contributed by atoms with Gasteiger partial charge < -0.3 is 24.8 Å². The zero-order chi connectivity index (χ0) is 22.4. The number of aromatic hydroxyl groups is 1. The van der Waals surface area contributed by atoms with Crippen molar-refractivity contribution < 1.29 is 24.2 Å². The summed E-state index contributed by atoms with van der Waals surface area (Å²) >= 11 is 0. The van der Waals surface area contributed by atoms with Crippen LogP contribution in [0.2, 0.25) is 0 Å². The molecule has 2 aromatic carbocycles. The molecule has 162 valence electrons. The molecule has 0 bridgehead atoms. The van der Waals surface area contributed by atoms with Crippen LogP contribution in [0.3, 0.4) is 0 Å². The molecule has 8 nitrogen and oxygen atoms in total. The number of benzene rings is 2. The first kappa shape index (κ1) is 22.0. The summed E-state index contributed by atoms with van der Waals surface area (Å²) in [6.07, 6.45) is 0. The maximum atomic E-state index is 12.6. The lowest BCUT2D eigenvalue weighted by atomic mass is 10.1. The summed E-state index contributed by atoms with van der Waals surface area (Å²) < 4.78 is 10.7. The van der Waals surface area contributed by atoms with Crippen LogP contribution in [0.5, 0.6) is 17.2 Å². The summed E-state index contributed by atoms with van der Waals surface area (Å²) in [5.41, 5.74) is 0.447. The van der Waals surface area contributed by atoms with Crippen LogP contribution < -0.4 is 10.1 Å². The van der Waals surface area contributed by atoms with E-state index in [1.165, 1.54) is 0 Å². The van der Waals surface area contributed by atoms with Crippen molar-refractivity contribution in [2.24, 2.45) is 0 Å². The highest BCUT2D eigenvalue weighted by atomic mass is 16.5. The molecule has 0 saturated carbocycles. The van der Waals surface area contributed by atoms with E-state index in [-0.39, 0.29) is 24.6 Å². The molecular formula is C23H25N3O5. The van der Waals surface area contributed by atoms with Crippen molar-refractivity contribution in [3.63, 3.8) is 0 Å². The Labute approximate surface area is 180 Å². The van der Waals surface area contributed by atoms with Gasteiger partial charge in [-0.3, -0.25) is 9.59 Å². The molecule has 31 heavy (non-hydrogen) atoms. The molecule has 0 unspecified atom stereocenters. The molecule has 1 aromatic heterocycles. The largest absolute Gasteiger partial charge is 0.505 e. The Balaban J connectivity index is 1.98. The topological polar surface area (TPSA) is 101 Å². The van der Waals surface area contributed by atoms with Crippen molar-refractivity contribution in [3.05, 3.63) is 59.9 Å². The molecule has 8 heteroatoms. The number of carbonyl (C=O) groups excluding carboxylic acids is 2. The molecule has 3 aromatic rings. The number of para-hydroxylation sites is 1. The number of pyridine rings is 1. The molecule has 0 fully saturated rings. The molecule has 0 saturated heterocycles. The number of nitrogens with one attached hydrogen (secondary N) is 1. The monoisotopic (exact) mass is 423 g/mol. The van der Waals surface area contributed by atoms with Gasteiger partial charge in [0.15, 0.2) is 11.4 Å². The third-order valence-corrected chi connectivity index (χ3v) is 4.39. The molecule has 0 aliphatic rings. The van der Waals surface area contributed by atoms with E-state index in [0.29, 0.717) is 34.5 Å². The Hall–Kier alpha value is -3.65. The van der Waals surface area contributed by atoms with Crippen LogP contribution in [0, 0.1) is 0 Å². The third-order valence-electron chi connectivity index (χ3n) is 4.39. The van der Waals surface area contributed by atoms with Crippen molar-refractivity contribution in [3.8, 4) is 17.2 Å². The van der Waals surface area contributed by atoms with Crippen molar-refractivity contribution in [2.45, 2.75) is 13.5 Å². The number of hydrogen-bond acceptors (Lipinski definition) is 7. The lowest BCUT2D eigenvalue weighted by Crippen LogP contribution is -2.31. The van der Waals surface area contributed by atoms with Gasteiger partial charge in [-0.25, -0.2) is 4.98 Å². The SMILES string of the molecule is CCOC(=O)CNC(=O)c1nc(CN(C)C)c2cc(Oc3ccccc3)ccc2c1O. The lowest BCUT2D eigenvalue weighted by Gasteiger charge is -2.16. The van der Waals surface area contributed by atoms with Crippen LogP contribution in [0.15, 0.2) is 48.5 Å². The van der Waals surface area contributed by atoms with Gasteiger partial charge in [-0.1, -0.05) is 18.2 Å². The third kappa shape index (κ3) is 5.49. The molecule has 2 N–H and O–H groups in total. The highest BCUT2D eigenvalue weighted by molar-refractivity contribution is 6.03.